The third-order valence-electron chi connectivity index (χ3n) is 3.37. The topological polar surface area (TPSA) is 72.2 Å². The molecule has 0 unspecified atom stereocenters. The van der Waals surface area contributed by atoms with Crippen LogP contribution in [0, 0.1) is 5.82 Å². The summed E-state index contributed by atoms with van der Waals surface area (Å²) in [7, 11) is 0. The van der Waals surface area contributed by atoms with Crippen molar-refractivity contribution in [2.75, 3.05) is 11.1 Å². The number of rotatable bonds is 5. The first-order chi connectivity index (χ1) is 10.4. The predicted molar refractivity (Wildman–Crippen MR) is 84.6 cm³/mol. The number of hydrogen-bond acceptors (Lipinski definition) is 4. The molecule has 2 aromatic rings. The molecule has 0 aliphatic carbocycles. The molecule has 0 heterocycles. The van der Waals surface area contributed by atoms with Crippen molar-refractivity contribution in [1.29, 1.82) is 0 Å². The monoisotopic (exact) mass is 300 g/mol. The van der Waals surface area contributed by atoms with Crippen LogP contribution in [-0.4, -0.2) is 11.6 Å². The van der Waals surface area contributed by atoms with E-state index in [0.717, 1.165) is 5.56 Å². The average molecular weight is 300 g/mol. The van der Waals surface area contributed by atoms with E-state index in [9.17, 15) is 14.0 Å². The summed E-state index contributed by atoms with van der Waals surface area (Å²) in [5, 5.41) is 3.10. The molecule has 0 saturated heterocycles. The number of Topliss-reactive ketones (excluding diaryl/α,β-unsaturated/α-hetero) is 2. The fraction of sp³-hybridized carbons (Fsp3) is 0.176. The van der Waals surface area contributed by atoms with Crippen molar-refractivity contribution in [3.05, 3.63) is 58.9 Å². The third kappa shape index (κ3) is 3.31. The molecule has 5 heteroatoms. The van der Waals surface area contributed by atoms with Gasteiger partial charge in [0, 0.05) is 12.1 Å². The van der Waals surface area contributed by atoms with Gasteiger partial charge >= 0.3 is 0 Å². The van der Waals surface area contributed by atoms with Crippen molar-refractivity contribution in [3.63, 3.8) is 0 Å². The van der Waals surface area contributed by atoms with Gasteiger partial charge in [0.25, 0.3) is 0 Å². The number of nitrogens with one attached hydrogen (secondary N) is 1. The van der Waals surface area contributed by atoms with E-state index in [1.54, 1.807) is 24.3 Å². The number of carbonyl (C=O) groups is 2. The molecule has 0 aliphatic heterocycles. The molecule has 2 aromatic carbocycles. The maximum Gasteiger partial charge on any atom is 0.162 e. The summed E-state index contributed by atoms with van der Waals surface area (Å²) >= 11 is 0. The van der Waals surface area contributed by atoms with Gasteiger partial charge in [0.1, 0.15) is 5.82 Å². The molecule has 0 aromatic heterocycles. The van der Waals surface area contributed by atoms with Crippen molar-refractivity contribution in [2.45, 2.75) is 20.4 Å². The Morgan fingerprint density at radius 2 is 1.68 bits per heavy atom. The molecule has 114 valence electrons. The zero-order chi connectivity index (χ0) is 16.3. The normalized spacial score (nSPS) is 10.3. The summed E-state index contributed by atoms with van der Waals surface area (Å²) < 4.78 is 12.9. The summed E-state index contributed by atoms with van der Waals surface area (Å²) in [6.45, 7) is 3.20. The minimum absolute atomic E-state index is 0.206. The van der Waals surface area contributed by atoms with Crippen LogP contribution in [0.1, 0.15) is 40.1 Å². The van der Waals surface area contributed by atoms with Crippen LogP contribution in [0.15, 0.2) is 36.4 Å². The Morgan fingerprint density at radius 3 is 2.23 bits per heavy atom. The maximum atomic E-state index is 12.9. The van der Waals surface area contributed by atoms with Crippen LogP contribution in [0.25, 0.3) is 0 Å². The molecule has 3 N–H and O–H groups in total. The molecule has 0 aliphatic rings. The number of carbonyl (C=O) groups excluding carboxylic acids is 2. The van der Waals surface area contributed by atoms with Gasteiger partial charge in [-0.1, -0.05) is 12.1 Å². The third-order valence-corrected chi connectivity index (χ3v) is 3.37. The fourth-order valence-corrected chi connectivity index (χ4v) is 2.25. The first kappa shape index (κ1) is 15.7. The smallest absolute Gasteiger partial charge is 0.162 e. The van der Waals surface area contributed by atoms with Crippen LogP contribution < -0.4 is 11.1 Å². The Bertz CT molecular complexity index is 724. The Morgan fingerprint density at radius 1 is 1.05 bits per heavy atom. The standard InChI is InChI=1S/C17H17FN2O2/c1-10(21)14-7-8-15(17(19)16(14)11(2)22)20-9-12-3-5-13(18)6-4-12/h3-8,20H,9,19H2,1-2H3. The van der Waals surface area contributed by atoms with Crippen molar-refractivity contribution < 1.29 is 14.0 Å². The lowest BCUT2D eigenvalue weighted by molar-refractivity contribution is 0.0981. The highest BCUT2D eigenvalue weighted by atomic mass is 19.1. The van der Waals surface area contributed by atoms with Gasteiger partial charge in [-0.15, -0.1) is 0 Å². The van der Waals surface area contributed by atoms with E-state index < -0.39 is 0 Å². The zero-order valence-electron chi connectivity index (χ0n) is 12.4. The number of benzene rings is 2. The highest BCUT2D eigenvalue weighted by molar-refractivity contribution is 6.12. The Hall–Kier alpha value is -2.69. The molecule has 4 nitrogen and oxygen atoms in total. The lowest BCUT2D eigenvalue weighted by Crippen LogP contribution is -2.11. The second-order valence-electron chi connectivity index (χ2n) is 5.04. The van der Waals surface area contributed by atoms with Gasteiger partial charge < -0.3 is 11.1 Å². The van der Waals surface area contributed by atoms with Gasteiger partial charge in [0.2, 0.25) is 0 Å². The lowest BCUT2D eigenvalue weighted by atomic mass is 9.98. The minimum Gasteiger partial charge on any atom is -0.396 e. The molecular formula is C17H17FN2O2. The van der Waals surface area contributed by atoms with Crippen LogP contribution in [-0.2, 0) is 6.54 Å². The molecule has 22 heavy (non-hydrogen) atoms. The molecule has 0 fully saturated rings. The quantitative estimate of drug-likeness (QED) is 0.655. The molecule has 0 radical (unpaired) electrons. The maximum absolute atomic E-state index is 12.9. The molecular weight excluding hydrogens is 283 g/mol. The highest BCUT2D eigenvalue weighted by Crippen LogP contribution is 2.27. The molecule has 0 spiro atoms. The number of hydrogen-bond donors (Lipinski definition) is 2. The number of nitrogens with two attached hydrogens (primary N) is 1. The Balaban J connectivity index is 2.28. The minimum atomic E-state index is -0.298. The van der Waals surface area contributed by atoms with Gasteiger partial charge in [0.15, 0.2) is 11.6 Å². The molecule has 0 saturated carbocycles. The predicted octanol–water partition coefficient (Wildman–Crippen LogP) is 3.43. The van der Waals surface area contributed by atoms with Gasteiger partial charge in [-0.2, -0.15) is 0 Å². The lowest BCUT2D eigenvalue weighted by Gasteiger charge is -2.14. The summed E-state index contributed by atoms with van der Waals surface area (Å²) in [4.78, 5) is 23.3. The van der Waals surface area contributed by atoms with Crippen molar-refractivity contribution in [1.82, 2.24) is 0 Å². The van der Waals surface area contributed by atoms with Gasteiger partial charge in [-0.3, -0.25) is 9.59 Å². The SMILES string of the molecule is CC(=O)c1ccc(NCc2ccc(F)cc2)c(N)c1C(C)=O. The van der Waals surface area contributed by atoms with Crippen LogP contribution in [0.3, 0.4) is 0 Å². The van der Waals surface area contributed by atoms with E-state index in [1.165, 1.54) is 26.0 Å². The second-order valence-corrected chi connectivity index (χ2v) is 5.04. The second kappa shape index (κ2) is 6.39. The zero-order valence-corrected chi connectivity index (χ0v) is 12.4. The first-order valence-electron chi connectivity index (χ1n) is 6.83. The van der Waals surface area contributed by atoms with E-state index in [4.69, 9.17) is 5.73 Å². The van der Waals surface area contributed by atoms with Gasteiger partial charge in [-0.25, -0.2) is 4.39 Å². The van der Waals surface area contributed by atoms with E-state index in [0.29, 0.717) is 17.8 Å². The molecule has 0 amide bonds. The Kier molecular flexibility index (Phi) is 4.56. The number of anilines is 2. The number of ketones is 2. The molecule has 0 bridgehead atoms. The summed E-state index contributed by atoms with van der Waals surface area (Å²) in [5.41, 5.74) is 8.26. The highest BCUT2D eigenvalue weighted by Gasteiger charge is 2.17. The van der Waals surface area contributed by atoms with Gasteiger partial charge in [0.05, 0.1) is 16.9 Å². The van der Waals surface area contributed by atoms with Crippen molar-refractivity contribution in [3.8, 4) is 0 Å². The molecule has 2 rings (SSSR count). The average Bonchev–Trinajstić information content (AvgIpc) is 2.46. The number of nitrogen functional groups attached to an aromatic ring is 1. The van der Waals surface area contributed by atoms with Crippen LogP contribution in [0.4, 0.5) is 15.8 Å². The van der Waals surface area contributed by atoms with E-state index in [2.05, 4.69) is 5.32 Å². The van der Waals surface area contributed by atoms with Crippen LogP contribution in [0.2, 0.25) is 0 Å². The summed E-state index contributed by atoms with van der Waals surface area (Å²) in [6.07, 6.45) is 0. The fourth-order valence-electron chi connectivity index (χ4n) is 2.25. The van der Waals surface area contributed by atoms with Crippen molar-refractivity contribution in [2.24, 2.45) is 0 Å². The van der Waals surface area contributed by atoms with Gasteiger partial charge in [-0.05, 0) is 43.7 Å². The van der Waals surface area contributed by atoms with E-state index in [-0.39, 0.29) is 28.6 Å². The number of halogens is 1. The van der Waals surface area contributed by atoms with Crippen LogP contribution >= 0.6 is 0 Å². The summed E-state index contributed by atoms with van der Waals surface area (Å²) in [6, 6.07) is 9.33. The van der Waals surface area contributed by atoms with E-state index in [1.807, 2.05) is 0 Å². The van der Waals surface area contributed by atoms with Crippen LogP contribution in [0.5, 0.6) is 0 Å². The molecule has 0 atom stereocenters. The summed E-state index contributed by atoms with van der Waals surface area (Å²) in [5.74, 6) is -0.761. The first-order valence-corrected chi connectivity index (χ1v) is 6.83. The largest absolute Gasteiger partial charge is 0.396 e. The van der Waals surface area contributed by atoms with Crippen molar-refractivity contribution >= 4 is 22.9 Å². The Labute approximate surface area is 128 Å². The van der Waals surface area contributed by atoms with E-state index >= 15 is 0 Å².